The van der Waals surface area contributed by atoms with Crippen LogP contribution >= 0.6 is 0 Å². The van der Waals surface area contributed by atoms with Gasteiger partial charge in [-0.25, -0.2) is 0 Å². The van der Waals surface area contributed by atoms with Gasteiger partial charge in [-0.3, -0.25) is 0 Å². The molecule has 1 saturated carbocycles. The van der Waals surface area contributed by atoms with Crippen LogP contribution in [0.25, 0.3) is 0 Å². The molecule has 96 valence electrons. The van der Waals surface area contributed by atoms with Crippen LogP contribution in [0.1, 0.15) is 65.2 Å². The van der Waals surface area contributed by atoms with Crippen molar-refractivity contribution in [3.63, 3.8) is 0 Å². The maximum atomic E-state index is 10.4. The fraction of sp³-hybridized carbons (Fsp3) is 1.00. The van der Waals surface area contributed by atoms with Gasteiger partial charge in [0.05, 0.1) is 5.60 Å². The first kappa shape index (κ1) is 14.0. The van der Waals surface area contributed by atoms with Crippen molar-refractivity contribution >= 4 is 0 Å². The lowest BCUT2D eigenvalue weighted by Crippen LogP contribution is -2.40. The molecule has 2 nitrogen and oxygen atoms in total. The molecule has 2 heteroatoms. The molecule has 0 saturated heterocycles. The maximum Gasteiger partial charge on any atom is 0.0771 e. The standard InChI is InChI=1S/C14H29NO/c1-13(2)8-7-11-15-12-14(16)9-5-3-4-6-10-14/h13,15-16H,3-12H2,1-2H3. The Balaban J connectivity index is 2.10. The van der Waals surface area contributed by atoms with Crippen molar-refractivity contribution in [2.75, 3.05) is 13.1 Å². The summed E-state index contributed by atoms with van der Waals surface area (Å²) in [6, 6.07) is 0. The van der Waals surface area contributed by atoms with Crippen LogP contribution in [-0.2, 0) is 0 Å². The van der Waals surface area contributed by atoms with Crippen molar-refractivity contribution in [3.8, 4) is 0 Å². The third-order valence-electron chi connectivity index (χ3n) is 3.62. The van der Waals surface area contributed by atoms with Crippen LogP contribution < -0.4 is 5.32 Å². The molecule has 0 spiro atoms. The summed E-state index contributed by atoms with van der Waals surface area (Å²) >= 11 is 0. The van der Waals surface area contributed by atoms with Crippen LogP contribution in [-0.4, -0.2) is 23.8 Å². The van der Waals surface area contributed by atoms with E-state index in [0.717, 1.165) is 31.8 Å². The second kappa shape index (κ2) is 7.29. The van der Waals surface area contributed by atoms with Crippen molar-refractivity contribution in [1.29, 1.82) is 0 Å². The van der Waals surface area contributed by atoms with Gasteiger partial charge in [-0.1, -0.05) is 39.5 Å². The van der Waals surface area contributed by atoms with Crippen molar-refractivity contribution in [2.45, 2.75) is 70.8 Å². The summed E-state index contributed by atoms with van der Waals surface area (Å²) in [4.78, 5) is 0. The zero-order valence-corrected chi connectivity index (χ0v) is 11.1. The predicted octanol–water partition coefficient (Wildman–Crippen LogP) is 3.10. The molecule has 1 aliphatic carbocycles. The van der Waals surface area contributed by atoms with Gasteiger partial charge in [-0.05, 0) is 38.1 Å². The highest BCUT2D eigenvalue weighted by atomic mass is 16.3. The number of aliphatic hydroxyl groups is 1. The third-order valence-corrected chi connectivity index (χ3v) is 3.62. The van der Waals surface area contributed by atoms with Gasteiger partial charge in [0, 0.05) is 6.54 Å². The molecule has 0 aliphatic heterocycles. The normalized spacial score (nSPS) is 21.0. The molecule has 0 unspecified atom stereocenters. The lowest BCUT2D eigenvalue weighted by Gasteiger charge is -2.27. The van der Waals surface area contributed by atoms with E-state index in [1.807, 2.05) is 0 Å². The monoisotopic (exact) mass is 227 g/mol. The summed E-state index contributed by atoms with van der Waals surface area (Å²) in [5, 5.41) is 13.8. The zero-order valence-electron chi connectivity index (χ0n) is 11.1. The van der Waals surface area contributed by atoms with E-state index in [4.69, 9.17) is 0 Å². The summed E-state index contributed by atoms with van der Waals surface area (Å²) in [6.45, 7) is 6.38. The van der Waals surface area contributed by atoms with E-state index in [2.05, 4.69) is 19.2 Å². The lowest BCUT2D eigenvalue weighted by molar-refractivity contribution is 0.0254. The number of hydrogen-bond acceptors (Lipinski definition) is 2. The van der Waals surface area contributed by atoms with Crippen molar-refractivity contribution in [2.24, 2.45) is 5.92 Å². The first-order valence-electron chi connectivity index (χ1n) is 7.05. The quantitative estimate of drug-likeness (QED) is 0.540. The van der Waals surface area contributed by atoms with E-state index >= 15 is 0 Å². The Labute approximate surface area is 101 Å². The average molecular weight is 227 g/mol. The Morgan fingerprint density at radius 3 is 2.31 bits per heavy atom. The molecule has 0 aromatic rings. The minimum Gasteiger partial charge on any atom is -0.389 e. The fourth-order valence-electron chi connectivity index (χ4n) is 2.52. The molecule has 0 amide bonds. The summed E-state index contributed by atoms with van der Waals surface area (Å²) in [5.74, 6) is 0.794. The molecule has 16 heavy (non-hydrogen) atoms. The number of hydrogen-bond donors (Lipinski definition) is 2. The first-order chi connectivity index (χ1) is 7.62. The van der Waals surface area contributed by atoms with Gasteiger partial charge < -0.3 is 10.4 Å². The zero-order chi connectivity index (χ0) is 11.9. The van der Waals surface area contributed by atoms with Crippen molar-refractivity contribution in [3.05, 3.63) is 0 Å². The Morgan fingerprint density at radius 2 is 1.75 bits per heavy atom. The van der Waals surface area contributed by atoms with E-state index in [1.165, 1.54) is 38.5 Å². The minimum atomic E-state index is -0.408. The minimum absolute atomic E-state index is 0.408. The second-order valence-electron chi connectivity index (χ2n) is 5.85. The molecule has 0 radical (unpaired) electrons. The fourth-order valence-corrected chi connectivity index (χ4v) is 2.52. The summed E-state index contributed by atoms with van der Waals surface area (Å²) in [5.41, 5.74) is -0.408. The van der Waals surface area contributed by atoms with Gasteiger partial charge in [0.15, 0.2) is 0 Å². The molecule has 0 aromatic carbocycles. The predicted molar refractivity (Wildman–Crippen MR) is 69.6 cm³/mol. The molecular weight excluding hydrogens is 198 g/mol. The highest BCUT2D eigenvalue weighted by Gasteiger charge is 2.26. The van der Waals surface area contributed by atoms with Crippen LogP contribution in [0.3, 0.4) is 0 Å². The molecule has 1 fully saturated rings. The van der Waals surface area contributed by atoms with Gasteiger partial charge >= 0.3 is 0 Å². The van der Waals surface area contributed by atoms with Crippen LogP contribution in [0.5, 0.6) is 0 Å². The molecule has 2 N–H and O–H groups in total. The molecule has 1 rings (SSSR count). The molecule has 1 aliphatic rings. The highest BCUT2D eigenvalue weighted by Crippen LogP contribution is 2.26. The van der Waals surface area contributed by atoms with Crippen LogP contribution in [0.4, 0.5) is 0 Å². The molecule has 0 aromatic heterocycles. The van der Waals surface area contributed by atoms with Gasteiger partial charge in [0.2, 0.25) is 0 Å². The van der Waals surface area contributed by atoms with Crippen LogP contribution in [0.2, 0.25) is 0 Å². The van der Waals surface area contributed by atoms with Gasteiger partial charge in [0.1, 0.15) is 0 Å². The van der Waals surface area contributed by atoms with Gasteiger partial charge in [-0.15, -0.1) is 0 Å². The van der Waals surface area contributed by atoms with Crippen LogP contribution in [0.15, 0.2) is 0 Å². The van der Waals surface area contributed by atoms with E-state index in [0.29, 0.717) is 0 Å². The first-order valence-corrected chi connectivity index (χ1v) is 7.05. The molecule has 0 heterocycles. The van der Waals surface area contributed by atoms with Crippen molar-refractivity contribution < 1.29 is 5.11 Å². The highest BCUT2D eigenvalue weighted by molar-refractivity contribution is 4.83. The Kier molecular flexibility index (Phi) is 6.37. The van der Waals surface area contributed by atoms with Crippen LogP contribution in [0, 0.1) is 5.92 Å². The molecule has 0 atom stereocenters. The third kappa shape index (κ3) is 5.86. The SMILES string of the molecule is CC(C)CCCNCC1(O)CCCCCC1. The average Bonchev–Trinajstić information content (AvgIpc) is 2.43. The largest absolute Gasteiger partial charge is 0.389 e. The number of rotatable bonds is 6. The molecular formula is C14H29NO. The maximum absolute atomic E-state index is 10.4. The van der Waals surface area contributed by atoms with E-state index in [-0.39, 0.29) is 0 Å². The lowest BCUT2D eigenvalue weighted by atomic mass is 9.94. The Morgan fingerprint density at radius 1 is 1.12 bits per heavy atom. The van der Waals surface area contributed by atoms with Gasteiger partial charge in [-0.2, -0.15) is 0 Å². The Hall–Kier alpha value is -0.0800. The van der Waals surface area contributed by atoms with Crippen molar-refractivity contribution in [1.82, 2.24) is 5.32 Å². The van der Waals surface area contributed by atoms with E-state index in [9.17, 15) is 5.11 Å². The summed E-state index contributed by atoms with van der Waals surface area (Å²) in [6.07, 6.45) is 9.49. The summed E-state index contributed by atoms with van der Waals surface area (Å²) < 4.78 is 0. The smallest absolute Gasteiger partial charge is 0.0771 e. The van der Waals surface area contributed by atoms with E-state index in [1.54, 1.807) is 0 Å². The second-order valence-corrected chi connectivity index (χ2v) is 5.85. The number of nitrogens with one attached hydrogen (secondary N) is 1. The topological polar surface area (TPSA) is 32.3 Å². The Bertz CT molecular complexity index is 172. The van der Waals surface area contributed by atoms with Gasteiger partial charge in [0.25, 0.3) is 0 Å². The summed E-state index contributed by atoms with van der Waals surface area (Å²) in [7, 11) is 0. The molecule has 0 bridgehead atoms. The van der Waals surface area contributed by atoms with E-state index < -0.39 is 5.60 Å².